The second-order valence-electron chi connectivity index (χ2n) is 9.33. The van der Waals surface area contributed by atoms with E-state index in [-0.39, 0.29) is 23.3 Å². The molecule has 0 saturated carbocycles. The Kier molecular flexibility index (Phi) is 7.42. The lowest BCUT2D eigenvalue weighted by Gasteiger charge is -2.26. The van der Waals surface area contributed by atoms with Crippen LogP contribution in [0.15, 0.2) is 47.4 Å². The Morgan fingerprint density at radius 3 is 2.51 bits per heavy atom. The molecular formula is C27H33N3O4S. The number of sulfonamides is 1. The van der Waals surface area contributed by atoms with Gasteiger partial charge in [0.15, 0.2) is 0 Å². The summed E-state index contributed by atoms with van der Waals surface area (Å²) < 4.78 is 33.9. The van der Waals surface area contributed by atoms with E-state index in [0.29, 0.717) is 24.5 Å². The van der Waals surface area contributed by atoms with E-state index in [2.05, 4.69) is 10.3 Å². The number of piperidine rings is 1. The van der Waals surface area contributed by atoms with Gasteiger partial charge in [-0.25, -0.2) is 8.42 Å². The number of hydrogen-bond acceptors (Lipinski definition) is 5. The van der Waals surface area contributed by atoms with Crippen LogP contribution in [0.2, 0.25) is 0 Å². The van der Waals surface area contributed by atoms with Crippen molar-refractivity contribution >= 4 is 32.5 Å². The maximum atomic E-state index is 13.2. The summed E-state index contributed by atoms with van der Waals surface area (Å²) >= 11 is 0. The van der Waals surface area contributed by atoms with E-state index >= 15 is 0 Å². The van der Waals surface area contributed by atoms with Crippen molar-refractivity contribution in [1.29, 1.82) is 0 Å². The fraction of sp³-hybridized carbons (Fsp3) is 0.407. The van der Waals surface area contributed by atoms with Gasteiger partial charge in [0, 0.05) is 24.2 Å². The number of fused-ring (bicyclic) bond motifs is 1. The summed E-state index contributed by atoms with van der Waals surface area (Å²) in [5.74, 6) is 0.186. The zero-order valence-corrected chi connectivity index (χ0v) is 21.6. The molecule has 0 unspecified atom stereocenters. The second-order valence-corrected chi connectivity index (χ2v) is 11.3. The second kappa shape index (κ2) is 10.3. The first-order valence-electron chi connectivity index (χ1n) is 12.1. The van der Waals surface area contributed by atoms with E-state index in [0.717, 1.165) is 47.0 Å². The smallest absolute Gasteiger partial charge is 0.243 e. The van der Waals surface area contributed by atoms with Crippen molar-refractivity contribution in [3.63, 3.8) is 0 Å². The van der Waals surface area contributed by atoms with Crippen molar-refractivity contribution in [3.8, 4) is 5.75 Å². The highest BCUT2D eigenvalue weighted by Crippen LogP contribution is 2.31. The van der Waals surface area contributed by atoms with Crippen LogP contribution < -0.4 is 10.1 Å². The highest BCUT2D eigenvalue weighted by Gasteiger charge is 2.27. The summed E-state index contributed by atoms with van der Waals surface area (Å²) in [5, 5.41) is 3.92. The number of aromatic nitrogens is 1. The van der Waals surface area contributed by atoms with Crippen molar-refractivity contribution < 1.29 is 17.9 Å². The summed E-state index contributed by atoms with van der Waals surface area (Å²) in [4.78, 5) is 18.0. The molecule has 2 aromatic carbocycles. The van der Waals surface area contributed by atoms with Gasteiger partial charge >= 0.3 is 0 Å². The third-order valence-electron chi connectivity index (χ3n) is 6.36. The van der Waals surface area contributed by atoms with E-state index in [9.17, 15) is 13.2 Å². The highest BCUT2D eigenvalue weighted by atomic mass is 32.2. The molecule has 1 fully saturated rings. The molecule has 0 aliphatic carbocycles. The molecule has 8 heteroatoms. The van der Waals surface area contributed by atoms with Gasteiger partial charge in [-0.15, -0.1) is 0 Å². The van der Waals surface area contributed by atoms with Crippen LogP contribution in [0, 0.1) is 13.8 Å². The number of nitrogens with one attached hydrogen (secondary N) is 1. The van der Waals surface area contributed by atoms with E-state index in [4.69, 9.17) is 4.74 Å². The number of carbonyl (C=O) groups is 1. The number of aryl methyl sites for hydroxylation is 2. The number of nitrogens with zero attached hydrogens (tertiary/aromatic N) is 2. The molecule has 1 amide bonds. The fourth-order valence-electron chi connectivity index (χ4n) is 4.56. The Hall–Kier alpha value is -2.97. The van der Waals surface area contributed by atoms with Crippen LogP contribution in [-0.2, 0) is 21.2 Å². The Morgan fingerprint density at radius 2 is 1.80 bits per heavy atom. The van der Waals surface area contributed by atoms with Crippen molar-refractivity contribution in [3.05, 3.63) is 59.3 Å². The predicted molar refractivity (Wildman–Crippen MR) is 138 cm³/mol. The topological polar surface area (TPSA) is 88.6 Å². The quantitative estimate of drug-likeness (QED) is 0.499. The molecule has 0 bridgehead atoms. The average Bonchev–Trinajstić information content (AvgIpc) is 2.83. The van der Waals surface area contributed by atoms with Gasteiger partial charge in [0.05, 0.1) is 28.6 Å². The van der Waals surface area contributed by atoms with E-state index in [1.54, 1.807) is 12.1 Å². The van der Waals surface area contributed by atoms with Crippen molar-refractivity contribution in [1.82, 2.24) is 9.29 Å². The van der Waals surface area contributed by atoms with Crippen LogP contribution in [-0.4, -0.2) is 42.8 Å². The van der Waals surface area contributed by atoms with Gasteiger partial charge in [-0.1, -0.05) is 24.6 Å². The molecule has 0 atom stereocenters. The van der Waals surface area contributed by atoms with Gasteiger partial charge in [-0.05, 0) is 75.9 Å². The lowest BCUT2D eigenvalue weighted by atomic mass is 9.99. The first-order chi connectivity index (χ1) is 16.7. The summed E-state index contributed by atoms with van der Waals surface area (Å²) in [7, 11) is -3.65. The summed E-state index contributed by atoms with van der Waals surface area (Å²) in [6.07, 6.45) is 2.74. The molecule has 1 N–H and O–H groups in total. The van der Waals surface area contributed by atoms with Crippen LogP contribution in [0.4, 0.5) is 5.69 Å². The third-order valence-corrected chi connectivity index (χ3v) is 8.26. The van der Waals surface area contributed by atoms with Crippen LogP contribution in [0.3, 0.4) is 0 Å². The van der Waals surface area contributed by atoms with Gasteiger partial charge in [0.1, 0.15) is 5.75 Å². The summed E-state index contributed by atoms with van der Waals surface area (Å²) in [6.45, 7) is 8.71. The molecule has 1 aromatic heterocycles. The summed E-state index contributed by atoms with van der Waals surface area (Å²) in [6, 6.07) is 12.6. The van der Waals surface area contributed by atoms with Gasteiger partial charge in [0.2, 0.25) is 15.9 Å². The SMILES string of the molecule is Cc1nc2ccccc2c(C)c1CC(=O)Nc1cc(S(=O)(=O)N2CCCCC2)ccc1OC(C)C. The lowest BCUT2D eigenvalue weighted by molar-refractivity contribution is -0.115. The molecule has 3 aromatic rings. The maximum Gasteiger partial charge on any atom is 0.243 e. The molecular weight excluding hydrogens is 462 g/mol. The zero-order chi connectivity index (χ0) is 25.2. The number of rotatable bonds is 7. The minimum Gasteiger partial charge on any atom is -0.489 e. The molecule has 1 aliphatic rings. The first-order valence-corrected chi connectivity index (χ1v) is 13.6. The number of pyridine rings is 1. The molecule has 35 heavy (non-hydrogen) atoms. The number of hydrogen-bond donors (Lipinski definition) is 1. The standard InChI is InChI=1S/C27H33N3O4S/c1-18(2)34-26-13-12-21(35(32,33)30-14-8-5-9-15-30)16-25(26)29-27(31)17-23-19(3)22-10-6-7-11-24(22)28-20(23)4/h6-7,10-13,16,18H,5,8-9,14-15,17H2,1-4H3,(H,29,31). The van der Waals surface area contributed by atoms with Gasteiger partial charge < -0.3 is 10.1 Å². The normalized spacial score (nSPS) is 14.9. The number of carbonyl (C=O) groups excluding carboxylic acids is 1. The predicted octanol–water partition coefficient (Wildman–Crippen LogP) is 4.99. The van der Waals surface area contributed by atoms with Crippen molar-refractivity contribution in [2.75, 3.05) is 18.4 Å². The Morgan fingerprint density at radius 1 is 1.09 bits per heavy atom. The lowest BCUT2D eigenvalue weighted by Crippen LogP contribution is -2.35. The minimum atomic E-state index is -3.65. The highest BCUT2D eigenvalue weighted by molar-refractivity contribution is 7.89. The minimum absolute atomic E-state index is 0.125. The number of anilines is 1. The first kappa shape index (κ1) is 25.1. The number of para-hydroxylation sites is 1. The third kappa shape index (κ3) is 5.49. The molecule has 1 aliphatic heterocycles. The molecule has 2 heterocycles. The fourth-order valence-corrected chi connectivity index (χ4v) is 6.11. The largest absolute Gasteiger partial charge is 0.489 e. The van der Waals surface area contributed by atoms with Gasteiger partial charge in [-0.3, -0.25) is 9.78 Å². The van der Waals surface area contributed by atoms with Gasteiger partial charge in [0.25, 0.3) is 0 Å². The van der Waals surface area contributed by atoms with E-state index in [1.807, 2.05) is 52.0 Å². The maximum absolute atomic E-state index is 13.2. The summed E-state index contributed by atoms with van der Waals surface area (Å²) in [5.41, 5.74) is 3.94. The molecule has 7 nitrogen and oxygen atoms in total. The zero-order valence-electron chi connectivity index (χ0n) is 20.8. The van der Waals surface area contributed by atoms with Crippen LogP contribution >= 0.6 is 0 Å². The van der Waals surface area contributed by atoms with Crippen molar-refractivity contribution in [2.45, 2.75) is 64.4 Å². The monoisotopic (exact) mass is 495 g/mol. The Labute approximate surface area is 207 Å². The molecule has 0 spiro atoms. The average molecular weight is 496 g/mol. The van der Waals surface area contributed by atoms with Crippen LogP contribution in [0.5, 0.6) is 5.75 Å². The molecule has 0 radical (unpaired) electrons. The van der Waals surface area contributed by atoms with Crippen LogP contribution in [0.25, 0.3) is 10.9 Å². The van der Waals surface area contributed by atoms with E-state index < -0.39 is 10.0 Å². The van der Waals surface area contributed by atoms with Crippen LogP contribution in [0.1, 0.15) is 49.9 Å². The van der Waals surface area contributed by atoms with E-state index in [1.165, 1.54) is 10.4 Å². The molecule has 186 valence electrons. The Balaban J connectivity index is 1.63. The number of benzene rings is 2. The molecule has 4 rings (SSSR count). The Bertz CT molecular complexity index is 1350. The number of amides is 1. The van der Waals surface area contributed by atoms with Gasteiger partial charge in [-0.2, -0.15) is 4.31 Å². The molecule has 1 saturated heterocycles. The number of ether oxygens (including phenoxy) is 1. The van der Waals surface area contributed by atoms with Crippen molar-refractivity contribution in [2.24, 2.45) is 0 Å².